The van der Waals surface area contributed by atoms with Crippen LogP contribution in [-0.2, 0) is 11.2 Å². The van der Waals surface area contributed by atoms with E-state index >= 15 is 0 Å². The van der Waals surface area contributed by atoms with E-state index in [0.29, 0.717) is 24.2 Å². The first-order valence-corrected chi connectivity index (χ1v) is 8.65. The highest BCUT2D eigenvalue weighted by Gasteiger charge is 2.24. The number of benzene rings is 1. The lowest BCUT2D eigenvalue weighted by atomic mass is 9.94. The van der Waals surface area contributed by atoms with Crippen molar-refractivity contribution in [1.82, 2.24) is 10.2 Å². The smallest absolute Gasteiger partial charge is 0.223 e. The first-order chi connectivity index (χ1) is 10.6. The normalized spacial score (nSPS) is 19.1. The number of hydrogen-bond acceptors (Lipinski definition) is 2. The summed E-state index contributed by atoms with van der Waals surface area (Å²) in [5.74, 6) is 1.22. The summed E-state index contributed by atoms with van der Waals surface area (Å²) in [7, 11) is 1.99. The van der Waals surface area contributed by atoms with E-state index in [1.54, 1.807) is 0 Å². The molecule has 0 aromatic heterocycles. The third kappa shape index (κ3) is 5.82. The molecule has 1 saturated heterocycles. The average molecular weight is 339 g/mol. The Kier molecular flexibility index (Phi) is 8.64. The lowest BCUT2D eigenvalue weighted by Gasteiger charge is -2.33. The van der Waals surface area contributed by atoms with Crippen molar-refractivity contribution in [1.29, 1.82) is 0 Å². The van der Waals surface area contributed by atoms with E-state index < -0.39 is 0 Å². The predicted octanol–water partition coefficient (Wildman–Crippen LogP) is 3.62. The van der Waals surface area contributed by atoms with Crippen LogP contribution >= 0.6 is 12.4 Å². The van der Waals surface area contributed by atoms with Crippen LogP contribution in [0.25, 0.3) is 0 Å². The molecule has 1 amide bonds. The van der Waals surface area contributed by atoms with Crippen molar-refractivity contribution in [3.63, 3.8) is 0 Å². The summed E-state index contributed by atoms with van der Waals surface area (Å²) in [4.78, 5) is 14.6. The molecule has 1 heterocycles. The number of nitrogens with zero attached hydrogens (tertiary/aromatic N) is 1. The van der Waals surface area contributed by atoms with Crippen molar-refractivity contribution < 1.29 is 4.79 Å². The molecule has 130 valence electrons. The molecule has 1 fully saturated rings. The molecule has 3 nitrogen and oxygen atoms in total. The lowest BCUT2D eigenvalue weighted by Crippen LogP contribution is -2.42. The largest absolute Gasteiger partial charge is 0.342 e. The van der Waals surface area contributed by atoms with Crippen molar-refractivity contribution in [2.24, 2.45) is 5.92 Å². The Morgan fingerprint density at radius 1 is 1.35 bits per heavy atom. The maximum Gasteiger partial charge on any atom is 0.223 e. The van der Waals surface area contributed by atoms with Gasteiger partial charge in [0, 0.05) is 19.5 Å². The third-order valence-corrected chi connectivity index (χ3v) is 4.80. The van der Waals surface area contributed by atoms with E-state index in [0.717, 1.165) is 32.5 Å². The molecule has 2 rings (SSSR count). The van der Waals surface area contributed by atoms with Crippen molar-refractivity contribution in [3.8, 4) is 0 Å². The van der Waals surface area contributed by atoms with E-state index in [-0.39, 0.29) is 12.4 Å². The number of likely N-dealkylation sites (tertiary alicyclic amines) is 1. The number of piperidine rings is 1. The Labute approximate surface area is 147 Å². The quantitative estimate of drug-likeness (QED) is 0.859. The van der Waals surface area contributed by atoms with E-state index in [9.17, 15) is 4.79 Å². The molecule has 1 aliphatic heterocycles. The molecule has 4 heteroatoms. The number of carbonyl (C=O) groups excluding carboxylic acids is 1. The summed E-state index contributed by atoms with van der Waals surface area (Å²) in [6, 6.07) is 8.72. The van der Waals surface area contributed by atoms with Crippen LogP contribution in [-0.4, -0.2) is 37.5 Å². The first-order valence-electron chi connectivity index (χ1n) is 8.65. The number of hydrogen-bond donors (Lipinski definition) is 1. The van der Waals surface area contributed by atoms with Crippen molar-refractivity contribution in [3.05, 3.63) is 35.4 Å². The number of nitrogens with one attached hydrogen (secondary N) is 1. The van der Waals surface area contributed by atoms with Gasteiger partial charge >= 0.3 is 0 Å². The van der Waals surface area contributed by atoms with E-state index in [1.165, 1.54) is 17.5 Å². The average Bonchev–Trinajstić information content (AvgIpc) is 2.55. The third-order valence-electron chi connectivity index (χ3n) is 4.80. The number of carbonyl (C=O) groups is 1. The maximum atomic E-state index is 12.6. The Morgan fingerprint density at radius 2 is 2.04 bits per heavy atom. The molecular formula is C19H31ClN2O. The molecule has 0 radical (unpaired) electrons. The van der Waals surface area contributed by atoms with E-state index in [4.69, 9.17) is 0 Å². The fourth-order valence-corrected chi connectivity index (χ4v) is 3.34. The van der Waals surface area contributed by atoms with Gasteiger partial charge in [0.15, 0.2) is 0 Å². The molecule has 0 saturated carbocycles. The lowest BCUT2D eigenvalue weighted by molar-refractivity contribution is -0.133. The number of halogens is 1. The summed E-state index contributed by atoms with van der Waals surface area (Å²) in [5, 5.41) is 3.24. The van der Waals surface area contributed by atoms with Crippen LogP contribution in [0.3, 0.4) is 0 Å². The minimum atomic E-state index is 0. The maximum absolute atomic E-state index is 12.6. The van der Waals surface area contributed by atoms with Gasteiger partial charge in [-0.2, -0.15) is 0 Å². The zero-order chi connectivity index (χ0) is 15.9. The van der Waals surface area contributed by atoms with Crippen LogP contribution in [0.15, 0.2) is 24.3 Å². The van der Waals surface area contributed by atoms with Gasteiger partial charge in [-0.05, 0) is 55.8 Å². The summed E-state index contributed by atoms with van der Waals surface area (Å²) in [5.41, 5.74) is 2.63. The van der Waals surface area contributed by atoms with Crippen LogP contribution in [0.1, 0.15) is 50.2 Å². The van der Waals surface area contributed by atoms with Crippen LogP contribution in [0.2, 0.25) is 0 Å². The van der Waals surface area contributed by atoms with Gasteiger partial charge in [0.1, 0.15) is 0 Å². The second-order valence-electron chi connectivity index (χ2n) is 6.61. The van der Waals surface area contributed by atoms with Gasteiger partial charge in [0.2, 0.25) is 5.91 Å². The minimum Gasteiger partial charge on any atom is -0.342 e. The molecule has 1 aromatic carbocycles. The second-order valence-corrected chi connectivity index (χ2v) is 6.61. The van der Waals surface area contributed by atoms with Gasteiger partial charge in [-0.25, -0.2) is 0 Å². The molecule has 0 spiro atoms. The Bertz CT molecular complexity index is 473. The summed E-state index contributed by atoms with van der Waals surface area (Å²) in [6.07, 6.45) is 4.06. The summed E-state index contributed by atoms with van der Waals surface area (Å²) >= 11 is 0. The predicted molar refractivity (Wildman–Crippen MR) is 99.3 cm³/mol. The molecular weight excluding hydrogens is 308 g/mol. The monoisotopic (exact) mass is 338 g/mol. The molecule has 23 heavy (non-hydrogen) atoms. The number of rotatable bonds is 6. The standard InChI is InChI=1S/C19H30N2O.ClH/c1-4-16-7-9-18(10-8-16)15(2)12-19(22)21-11-5-6-17(14-21)13-20-3;/h7-10,15,17,20H,4-6,11-14H2,1-3H3;1H. The van der Waals surface area contributed by atoms with Gasteiger partial charge in [0.25, 0.3) is 0 Å². The molecule has 2 unspecified atom stereocenters. The Morgan fingerprint density at radius 3 is 2.65 bits per heavy atom. The van der Waals surface area contributed by atoms with E-state index in [2.05, 4.69) is 48.3 Å². The fraction of sp³-hybridized carbons (Fsp3) is 0.632. The highest BCUT2D eigenvalue weighted by molar-refractivity contribution is 5.85. The topological polar surface area (TPSA) is 32.3 Å². The zero-order valence-corrected chi connectivity index (χ0v) is 15.5. The Balaban J connectivity index is 0.00000264. The molecule has 0 bridgehead atoms. The van der Waals surface area contributed by atoms with Gasteiger partial charge in [0.05, 0.1) is 0 Å². The fourth-order valence-electron chi connectivity index (χ4n) is 3.34. The van der Waals surface area contributed by atoms with Crippen molar-refractivity contribution in [2.75, 3.05) is 26.7 Å². The Hall–Kier alpha value is -1.06. The molecule has 1 aromatic rings. The summed E-state index contributed by atoms with van der Waals surface area (Å²) in [6.45, 7) is 7.19. The molecule has 0 aliphatic carbocycles. The van der Waals surface area contributed by atoms with Gasteiger partial charge < -0.3 is 10.2 Å². The SMILES string of the molecule is CCc1ccc(C(C)CC(=O)N2CCCC(CNC)C2)cc1.Cl. The number of amides is 1. The van der Waals surface area contributed by atoms with Gasteiger partial charge in [-0.3, -0.25) is 4.79 Å². The van der Waals surface area contributed by atoms with Crippen LogP contribution < -0.4 is 5.32 Å². The summed E-state index contributed by atoms with van der Waals surface area (Å²) < 4.78 is 0. The minimum absolute atomic E-state index is 0. The first kappa shape index (κ1) is 20.0. The van der Waals surface area contributed by atoms with Crippen molar-refractivity contribution >= 4 is 18.3 Å². The van der Waals surface area contributed by atoms with E-state index in [1.807, 2.05) is 7.05 Å². The highest BCUT2D eigenvalue weighted by Crippen LogP contribution is 2.23. The molecule has 1 aliphatic rings. The molecule has 2 atom stereocenters. The molecule has 1 N–H and O–H groups in total. The van der Waals surface area contributed by atoms with Crippen LogP contribution in [0.5, 0.6) is 0 Å². The van der Waals surface area contributed by atoms with Gasteiger partial charge in [-0.15, -0.1) is 12.4 Å². The zero-order valence-electron chi connectivity index (χ0n) is 14.7. The highest BCUT2D eigenvalue weighted by atomic mass is 35.5. The number of aryl methyl sites for hydroxylation is 1. The van der Waals surface area contributed by atoms with Crippen molar-refractivity contribution in [2.45, 2.75) is 45.4 Å². The second kappa shape index (κ2) is 9.94. The van der Waals surface area contributed by atoms with Crippen LogP contribution in [0.4, 0.5) is 0 Å². The van der Waals surface area contributed by atoms with Crippen LogP contribution in [0, 0.1) is 5.92 Å². The van der Waals surface area contributed by atoms with Gasteiger partial charge in [-0.1, -0.05) is 38.1 Å².